The molecule has 1 heterocycles. The summed E-state index contributed by atoms with van der Waals surface area (Å²) in [5.41, 5.74) is 1.96. The Bertz CT molecular complexity index is 342. The van der Waals surface area contributed by atoms with Crippen molar-refractivity contribution in [2.45, 2.75) is 27.3 Å². The first-order chi connectivity index (χ1) is 6.54. The van der Waals surface area contributed by atoms with Crippen LogP contribution in [-0.2, 0) is 6.54 Å². The Morgan fingerprint density at radius 2 is 1.86 bits per heavy atom. The van der Waals surface area contributed by atoms with Crippen molar-refractivity contribution in [1.82, 2.24) is 4.57 Å². The molecule has 0 aromatic carbocycles. The fourth-order valence-electron chi connectivity index (χ4n) is 1.54. The van der Waals surface area contributed by atoms with Crippen LogP contribution in [0.4, 0.5) is 0 Å². The number of aliphatic hydroxyl groups is 1. The molecule has 3 heteroatoms. The fourth-order valence-corrected chi connectivity index (χ4v) is 1.54. The molecule has 0 aliphatic rings. The number of rotatable bonds is 3. The van der Waals surface area contributed by atoms with E-state index in [0.717, 1.165) is 17.9 Å². The summed E-state index contributed by atoms with van der Waals surface area (Å²) >= 11 is 0. The zero-order valence-electron chi connectivity index (χ0n) is 8.95. The first-order valence-electron chi connectivity index (χ1n) is 4.83. The SMILES string of the molecule is Cc1cc(=O)cc(C)n1CC(C)CO. The van der Waals surface area contributed by atoms with E-state index >= 15 is 0 Å². The molecule has 14 heavy (non-hydrogen) atoms. The number of hydrogen-bond acceptors (Lipinski definition) is 2. The van der Waals surface area contributed by atoms with E-state index in [-0.39, 0.29) is 18.0 Å². The van der Waals surface area contributed by atoms with Crippen molar-refractivity contribution in [3.05, 3.63) is 33.7 Å². The van der Waals surface area contributed by atoms with Gasteiger partial charge in [0.2, 0.25) is 0 Å². The molecular weight excluding hydrogens is 178 g/mol. The van der Waals surface area contributed by atoms with E-state index in [1.165, 1.54) is 0 Å². The van der Waals surface area contributed by atoms with E-state index in [9.17, 15) is 4.79 Å². The quantitative estimate of drug-likeness (QED) is 0.784. The van der Waals surface area contributed by atoms with E-state index in [1.54, 1.807) is 12.1 Å². The van der Waals surface area contributed by atoms with Crippen molar-refractivity contribution in [2.24, 2.45) is 5.92 Å². The first-order valence-corrected chi connectivity index (χ1v) is 4.83. The summed E-state index contributed by atoms with van der Waals surface area (Å²) in [5.74, 6) is 0.218. The smallest absolute Gasteiger partial charge is 0.182 e. The molecule has 0 spiro atoms. The minimum atomic E-state index is 0.0490. The second-order valence-corrected chi connectivity index (χ2v) is 3.87. The molecule has 0 aliphatic carbocycles. The van der Waals surface area contributed by atoms with Gasteiger partial charge in [0, 0.05) is 36.7 Å². The van der Waals surface area contributed by atoms with Crippen molar-refractivity contribution in [1.29, 1.82) is 0 Å². The molecule has 1 aromatic heterocycles. The van der Waals surface area contributed by atoms with Crippen LogP contribution in [0.3, 0.4) is 0 Å². The van der Waals surface area contributed by atoms with Gasteiger partial charge in [-0.25, -0.2) is 0 Å². The van der Waals surface area contributed by atoms with Gasteiger partial charge in [-0.05, 0) is 19.8 Å². The maximum Gasteiger partial charge on any atom is 0.182 e. The second-order valence-electron chi connectivity index (χ2n) is 3.87. The fraction of sp³-hybridized carbons (Fsp3) is 0.545. The summed E-state index contributed by atoms with van der Waals surface area (Å²) in [6, 6.07) is 3.24. The lowest BCUT2D eigenvalue weighted by Gasteiger charge is -2.17. The van der Waals surface area contributed by atoms with Crippen LogP contribution < -0.4 is 5.43 Å². The molecule has 78 valence electrons. The van der Waals surface area contributed by atoms with Crippen molar-refractivity contribution < 1.29 is 5.11 Å². The minimum Gasteiger partial charge on any atom is -0.396 e. The maximum atomic E-state index is 11.2. The van der Waals surface area contributed by atoms with Gasteiger partial charge >= 0.3 is 0 Å². The van der Waals surface area contributed by atoms with Gasteiger partial charge in [0.25, 0.3) is 0 Å². The molecule has 1 rings (SSSR count). The predicted molar refractivity (Wildman–Crippen MR) is 56.4 cm³/mol. The first kappa shape index (κ1) is 11.0. The standard InChI is InChI=1S/C11H17NO2/c1-8(7-13)6-12-9(2)4-11(14)5-10(12)3/h4-5,8,13H,6-7H2,1-3H3. The third kappa shape index (κ3) is 2.45. The minimum absolute atomic E-state index is 0.0490. The van der Waals surface area contributed by atoms with Crippen LogP contribution in [-0.4, -0.2) is 16.3 Å². The van der Waals surface area contributed by atoms with Gasteiger partial charge < -0.3 is 9.67 Å². The molecule has 0 bridgehead atoms. The van der Waals surface area contributed by atoms with E-state index in [1.807, 2.05) is 20.8 Å². The summed E-state index contributed by atoms with van der Waals surface area (Å²) < 4.78 is 2.06. The van der Waals surface area contributed by atoms with Crippen LogP contribution in [0, 0.1) is 19.8 Å². The van der Waals surface area contributed by atoms with Gasteiger partial charge in [-0.15, -0.1) is 0 Å². The van der Waals surface area contributed by atoms with Gasteiger partial charge in [-0.3, -0.25) is 4.79 Å². The van der Waals surface area contributed by atoms with E-state index in [2.05, 4.69) is 4.57 Å². The third-order valence-corrected chi connectivity index (χ3v) is 2.36. The molecular formula is C11H17NO2. The lowest BCUT2D eigenvalue weighted by Crippen LogP contribution is -2.18. The molecule has 0 radical (unpaired) electrons. The van der Waals surface area contributed by atoms with E-state index in [0.29, 0.717) is 0 Å². The molecule has 3 nitrogen and oxygen atoms in total. The second kappa shape index (κ2) is 4.42. The number of hydrogen-bond donors (Lipinski definition) is 1. The summed E-state index contributed by atoms with van der Waals surface area (Å²) in [4.78, 5) is 11.2. The summed E-state index contributed by atoms with van der Waals surface area (Å²) in [5, 5.41) is 8.96. The lowest BCUT2D eigenvalue weighted by molar-refractivity contribution is 0.221. The van der Waals surface area contributed by atoms with Crippen LogP contribution in [0.2, 0.25) is 0 Å². The highest BCUT2D eigenvalue weighted by molar-refractivity contribution is 5.12. The zero-order valence-corrected chi connectivity index (χ0v) is 8.95. The average Bonchev–Trinajstić information content (AvgIpc) is 2.10. The van der Waals surface area contributed by atoms with Gasteiger partial charge in [0.05, 0.1) is 0 Å². The molecule has 0 saturated carbocycles. The zero-order chi connectivity index (χ0) is 10.7. The molecule has 0 amide bonds. The van der Waals surface area contributed by atoms with Crippen LogP contribution in [0.5, 0.6) is 0 Å². The summed E-state index contributed by atoms with van der Waals surface area (Å²) in [7, 11) is 0. The number of nitrogens with zero attached hydrogens (tertiary/aromatic N) is 1. The Labute approximate surface area is 84.0 Å². The Balaban J connectivity index is 3.02. The van der Waals surface area contributed by atoms with Gasteiger partial charge in [-0.1, -0.05) is 6.92 Å². The molecule has 0 aliphatic heterocycles. The van der Waals surface area contributed by atoms with Crippen LogP contribution in [0.1, 0.15) is 18.3 Å². The van der Waals surface area contributed by atoms with Gasteiger partial charge in [0.1, 0.15) is 0 Å². The monoisotopic (exact) mass is 195 g/mol. The van der Waals surface area contributed by atoms with Crippen molar-refractivity contribution >= 4 is 0 Å². The largest absolute Gasteiger partial charge is 0.396 e. The molecule has 0 saturated heterocycles. The van der Waals surface area contributed by atoms with E-state index in [4.69, 9.17) is 5.11 Å². The Kier molecular flexibility index (Phi) is 3.47. The Hall–Kier alpha value is -1.09. The number of aliphatic hydroxyl groups excluding tert-OH is 1. The molecule has 1 N–H and O–H groups in total. The molecule has 0 fully saturated rings. The molecule has 1 atom stereocenters. The van der Waals surface area contributed by atoms with Crippen molar-refractivity contribution in [3.63, 3.8) is 0 Å². The molecule has 1 aromatic rings. The van der Waals surface area contributed by atoms with Gasteiger partial charge in [-0.2, -0.15) is 0 Å². The third-order valence-electron chi connectivity index (χ3n) is 2.36. The highest BCUT2D eigenvalue weighted by Crippen LogP contribution is 2.06. The summed E-state index contributed by atoms with van der Waals surface area (Å²) in [6.45, 7) is 6.74. The topological polar surface area (TPSA) is 42.2 Å². The average molecular weight is 195 g/mol. The van der Waals surface area contributed by atoms with Crippen molar-refractivity contribution in [2.75, 3.05) is 6.61 Å². The van der Waals surface area contributed by atoms with Crippen molar-refractivity contribution in [3.8, 4) is 0 Å². The van der Waals surface area contributed by atoms with E-state index < -0.39 is 0 Å². The molecule has 1 unspecified atom stereocenters. The number of aromatic nitrogens is 1. The Morgan fingerprint density at radius 1 is 1.36 bits per heavy atom. The normalized spacial score (nSPS) is 12.9. The number of pyridine rings is 1. The maximum absolute atomic E-state index is 11.2. The predicted octanol–water partition coefficient (Wildman–Crippen LogP) is 1.09. The van der Waals surface area contributed by atoms with Crippen LogP contribution in [0.25, 0.3) is 0 Å². The van der Waals surface area contributed by atoms with Crippen LogP contribution in [0.15, 0.2) is 16.9 Å². The van der Waals surface area contributed by atoms with Gasteiger partial charge in [0.15, 0.2) is 5.43 Å². The Morgan fingerprint density at radius 3 is 2.29 bits per heavy atom. The highest BCUT2D eigenvalue weighted by atomic mass is 16.3. The number of aryl methyl sites for hydroxylation is 2. The lowest BCUT2D eigenvalue weighted by atomic mass is 10.2. The summed E-state index contributed by atoms with van der Waals surface area (Å²) in [6.07, 6.45) is 0. The highest BCUT2D eigenvalue weighted by Gasteiger charge is 2.05. The van der Waals surface area contributed by atoms with Crippen LogP contribution >= 0.6 is 0 Å².